The van der Waals surface area contributed by atoms with Crippen molar-refractivity contribution in [2.45, 2.75) is 26.0 Å². The van der Waals surface area contributed by atoms with Crippen molar-refractivity contribution in [3.63, 3.8) is 0 Å². The monoisotopic (exact) mass is 416 g/mol. The number of benzene rings is 1. The molecule has 0 radical (unpaired) electrons. The number of hydrogen-bond acceptors (Lipinski definition) is 7. The minimum Gasteiger partial charge on any atom is -0.494 e. The van der Waals surface area contributed by atoms with Crippen LogP contribution in [0.1, 0.15) is 23.6 Å². The quantitative estimate of drug-likeness (QED) is 0.612. The number of nitrogens with one attached hydrogen (secondary N) is 2. The van der Waals surface area contributed by atoms with Gasteiger partial charge in [-0.1, -0.05) is 0 Å². The summed E-state index contributed by atoms with van der Waals surface area (Å²) in [7, 11) is 1.33. The molecular formula is C20H22F2N6O2. The number of hydrogen-bond donors (Lipinski definition) is 2. The van der Waals surface area contributed by atoms with Crippen molar-refractivity contribution in [3.05, 3.63) is 53.6 Å². The largest absolute Gasteiger partial charge is 0.494 e. The van der Waals surface area contributed by atoms with Gasteiger partial charge in [-0.2, -0.15) is 5.10 Å². The highest BCUT2D eigenvalue weighted by Crippen LogP contribution is 2.27. The zero-order valence-electron chi connectivity index (χ0n) is 16.7. The molecule has 1 saturated heterocycles. The van der Waals surface area contributed by atoms with Crippen LogP contribution in [-0.2, 0) is 6.61 Å². The van der Waals surface area contributed by atoms with Crippen LogP contribution in [0, 0.1) is 18.6 Å². The van der Waals surface area contributed by atoms with E-state index in [9.17, 15) is 8.78 Å². The maximum Gasteiger partial charge on any atom is 0.227 e. The summed E-state index contributed by atoms with van der Waals surface area (Å²) >= 11 is 0. The van der Waals surface area contributed by atoms with Gasteiger partial charge in [0.25, 0.3) is 0 Å². The number of halogens is 2. The van der Waals surface area contributed by atoms with Gasteiger partial charge in [0.05, 0.1) is 43.0 Å². The fourth-order valence-corrected chi connectivity index (χ4v) is 3.29. The molecule has 0 bridgehead atoms. The van der Waals surface area contributed by atoms with Gasteiger partial charge in [0, 0.05) is 12.7 Å². The van der Waals surface area contributed by atoms with Gasteiger partial charge < -0.3 is 20.1 Å². The third kappa shape index (κ3) is 4.18. The highest BCUT2D eigenvalue weighted by Gasteiger charge is 2.19. The number of anilines is 2. The number of ether oxygens (including phenoxy) is 2. The molecule has 1 aromatic carbocycles. The van der Waals surface area contributed by atoms with Crippen LogP contribution in [0.15, 0.2) is 30.9 Å². The van der Waals surface area contributed by atoms with Gasteiger partial charge >= 0.3 is 0 Å². The molecule has 0 amide bonds. The molecule has 1 unspecified atom stereocenters. The van der Waals surface area contributed by atoms with E-state index < -0.39 is 11.6 Å². The summed E-state index contributed by atoms with van der Waals surface area (Å²) in [5.41, 5.74) is 0.839. The van der Waals surface area contributed by atoms with Crippen molar-refractivity contribution < 1.29 is 18.3 Å². The van der Waals surface area contributed by atoms with Crippen LogP contribution in [0.25, 0.3) is 0 Å². The minimum absolute atomic E-state index is 0.0303. The standard InChI is InChI=1S/C20H22F2N6O2/c1-12-5-17(29-2)19(22)16(18(12)21)11-30-15-8-24-20(25-9-15)27-13-6-26-28(10-13)14-3-4-23-7-14/h5-6,8-10,14,23H,3-4,7,11H2,1-2H3,(H,24,25,27). The van der Waals surface area contributed by atoms with Crippen LogP contribution in [0.5, 0.6) is 11.5 Å². The Hall–Kier alpha value is -3.27. The topological polar surface area (TPSA) is 86.1 Å². The third-order valence-electron chi connectivity index (χ3n) is 4.94. The molecule has 3 aromatic rings. The van der Waals surface area contributed by atoms with E-state index in [-0.39, 0.29) is 29.2 Å². The second-order valence-corrected chi connectivity index (χ2v) is 7.01. The van der Waals surface area contributed by atoms with Crippen molar-refractivity contribution in [3.8, 4) is 11.5 Å². The van der Waals surface area contributed by atoms with E-state index in [0.29, 0.717) is 12.0 Å². The Kier molecular flexibility index (Phi) is 5.75. The Balaban J connectivity index is 1.39. The fourth-order valence-electron chi connectivity index (χ4n) is 3.29. The molecule has 2 aromatic heterocycles. The SMILES string of the molecule is COc1cc(C)c(F)c(COc2cnc(Nc3cnn(C4CCNC4)c3)nc2)c1F. The smallest absolute Gasteiger partial charge is 0.227 e. The maximum absolute atomic E-state index is 14.3. The summed E-state index contributed by atoms with van der Waals surface area (Å²) in [4.78, 5) is 8.36. The number of nitrogens with zero attached hydrogens (tertiary/aromatic N) is 4. The van der Waals surface area contributed by atoms with Crippen molar-refractivity contribution >= 4 is 11.6 Å². The Labute approximate surface area is 172 Å². The van der Waals surface area contributed by atoms with Gasteiger partial charge in [-0.3, -0.25) is 4.68 Å². The van der Waals surface area contributed by atoms with E-state index in [2.05, 4.69) is 25.7 Å². The van der Waals surface area contributed by atoms with E-state index in [0.717, 1.165) is 25.2 Å². The van der Waals surface area contributed by atoms with Crippen molar-refractivity contribution in [2.75, 3.05) is 25.5 Å². The molecule has 1 atom stereocenters. The maximum atomic E-state index is 14.3. The zero-order valence-corrected chi connectivity index (χ0v) is 16.7. The van der Waals surface area contributed by atoms with Crippen LogP contribution in [0.2, 0.25) is 0 Å². The lowest BCUT2D eigenvalue weighted by Crippen LogP contribution is -2.13. The van der Waals surface area contributed by atoms with Gasteiger partial charge in [0.1, 0.15) is 12.4 Å². The molecule has 1 aliphatic rings. The summed E-state index contributed by atoms with van der Waals surface area (Å²) in [5, 5.41) is 10.7. The lowest BCUT2D eigenvalue weighted by atomic mass is 10.1. The molecule has 8 nitrogen and oxygen atoms in total. The molecule has 3 heterocycles. The van der Waals surface area contributed by atoms with E-state index in [4.69, 9.17) is 9.47 Å². The highest BCUT2D eigenvalue weighted by atomic mass is 19.1. The zero-order chi connectivity index (χ0) is 21.1. The molecule has 1 fully saturated rings. The fraction of sp³-hybridized carbons (Fsp3) is 0.350. The Morgan fingerprint density at radius 1 is 1.23 bits per heavy atom. The molecular weight excluding hydrogens is 394 g/mol. The molecule has 2 N–H and O–H groups in total. The first-order valence-electron chi connectivity index (χ1n) is 9.53. The molecule has 0 aliphatic carbocycles. The second kappa shape index (κ2) is 8.62. The first-order valence-corrected chi connectivity index (χ1v) is 9.53. The average Bonchev–Trinajstić information content (AvgIpc) is 3.44. The number of methoxy groups -OCH3 is 1. The molecule has 0 saturated carbocycles. The molecule has 158 valence electrons. The van der Waals surface area contributed by atoms with Crippen LogP contribution >= 0.6 is 0 Å². The molecule has 1 aliphatic heterocycles. The van der Waals surface area contributed by atoms with Gasteiger partial charge in [-0.15, -0.1) is 0 Å². The molecule has 30 heavy (non-hydrogen) atoms. The van der Waals surface area contributed by atoms with Crippen LogP contribution in [0.3, 0.4) is 0 Å². The molecule has 10 heteroatoms. The minimum atomic E-state index is -0.783. The second-order valence-electron chi connectivity index (χ2n) is 7.01. The lowest BCUT2D eigenvalue weighted by molar-refractivity contribution is 0.285. The Bertz CT molecular complexity index is 1020. The first kappa shape index (κ1) is 20.0. The van der Waals surface area contributed by atoms with Crippen LogP contribution in [-0.4, -0.2) is 39.9 Å². The van der Waals surface area contributed by atoms with Gasteiger partial charge in [0.2, 0.25) is 5.95 Å². The third-order valence-corrected chi connectivity index (χ3v) is 4.94. The van der Waals surface area contributed by atoms with E-state index in [1.165, 1.54) is 32.5 Å². The number of aryl methyl sites for hydroxylation is 1. The van der Waals surface area contributed by atoms with Crippen molar-refractivity contribution in [2.24, 2.45) is 0 Å². The van der Waals surface area contributed by atoms with Crippen molar-refractivity contribution in [1.29, 1.82) is 0 Å². The van der Waals surface area contributed by atoms with Gasteiger partial charge in [-0.25, -0.2) is 18.7 Å². The van der Waals surface area contributed by atoms with Gasteiger partial charge in [-0.05, 0) is 31.5 Å². The Morgan fingerprint density at radius 3 is 2.73 bits per heavy atom. The van der Waals surface area contributed by atoms with Gasteiger partial charge in [0.15, 0.2) is 17.3 Å². The number of aromatic nitrogens is 4. The summed E-state index contributed by atoms with van der Waals surface area (Å²) < 4.78 is 40.9. The average molecular weight is 416 g/mol. The predicted molar refractivity (Wildman–Crippen MR) is 106 cm³/mol. The van der Waals surface area contributed by atoms with Crippen LogP contribution < -0.4 is 20.1 Å². The summed E-state index contributed by atoms with van der Waals surface area (Å²) in [6.45, 7) is 3.11. The van der Waals surface area contributed by atoms with E-state index in [1.54, 1.807) is 6.20 Å². The first-order chi connectivity index (χ1) is 14.5. The normalized spacial score (nSPS) is 15.9. The lowest BCUT2D eigenvalue weighted by Gasteiger charge is -2.12. The molecule has 0 spiro atoms. The summed E-state index contributed by atoms with van der Waals surface area (Å²) in [6.07, 6.45) is 7.52. The van der Waals surface area contributed by atoms with Crippen molar-refractivity contribution in [1.82, 2.24) is 25.1 Å². The van der Waals surface area contributed by atoms with E-state index >= 15 is 0 Å². The molecule has 4 rings (SSSR count). The van der Waals surface area contributed by atoms with E-state index in [1.807, 2.05) is 10.9 Å². The summed E-state index contributed by atoms with van der Waals surface area (Å²) in [6, 6.07) is 1.65. The van der Waals surface area contributed by atoms with Crippen LogP contribution in [0.4, 0.5) is 20.4 Å². The highest BCUT2D eigenvalue weighted by molar-refractivity contribution is 5.50. The number of rotatable bonds is 7. The predicted octanol–water partition coefficient (Wildman–Crippen LogP) is 3.13. The Morgan fingerprint density at radius 2 is 2.03 bits per heavy atom. The summed E-state index contributed by atoms with van der Waals surface area (Å²) in [5.74, 6) is -0.831.